The van der Waals surface area contributed by atoms with E-state index >= 15 is 0 Å². The zero-order valence-corrected chi connectivity index (χ0v) is 8.86. The van der Waals surface area contributed by atoms with Gasteiger partial charge in [0.25, 0.3) is 0 Å². The van der Waals surface area contributed by atoms with Gasteiger partial charge in [-0.3, -0.25) is 0 Å². The lowest BCUT2D eigenvalue weighted by atomic mass is 10.2. The van der Waals surface area contributed by atoms with Crippen molar-refractivity contribution in [3.8, 4) is 0 Å². The summed E-state index contributed by atoms with van der Waals surface area (Å²) in [6.07, 6.45) is -1.05. The molecule has 0 aromatic carbocycles. The third kappa shape index (κ3) is 2.85. The highest BCUT2D eigenvalue weighted by Crippen LogP contribution is 2.14. The van der Waals surface area contributed by atoms with Crippen LogP contribution < -0.4 is 5.73 Å². The summed E-state index contributed by atoms with van der Waals surface area (Å²) in [5.74, 6) is 0. The maximum Gasteiger partial charge on any atom is 0.410 e. The summed E-state index contributed by atoms with van der Waals surface area (Å²) in [5.41, 5.74) is 5.07. The van der Waals surface area contributed by atoms with Crippen LogP contribution in [0.3, 0.4) is 0 Å². The molecule has 0 saturated carbocycles. The molecule has 1 aliphatic heterocycles. The lowest BCUT2D eigenvalue weighted by Gasteiger charge is -2.24. The second-order valence-corrected chi connectivity index (χ2v) is 4.62. The third-order valence-electron chi connectivity index (χ3n) is 1.98. The number of hydrogen-bond donors (Lipinski definition) is 2. The summed E-state index contributed by atoms with van der Waals surface area (Å²) in [6.45, 7) is 6.03. The molecule has 0 radical (unpaired) electrons. The minimum Gasteiger partial charge on any atom is -0.444 e. The molecule has 5 nitrogen and oxygen atoms in total. The molecular weight excluding hydrogens is 184 g/mol. The van der Waals surface area contributed by atoms with Gasteiger partial charge in [0.1, 0.15) is 5.60 Å². The number of amides is 1. The summed E-state index contributed by atoms with van der Waals surface area (Å²) >= 11 is 0. The Hall–Kier alpha value is -0.810. The van der Waals surface area contributed by atoms with Gasteiger partial charge in [0, 0.05) is 6.54 Å². The molecule has 1 rings (SSSR count). The standard InChI is InChI=1S/C9H18N2O3/c1-9(2,3)14-8(13)11-4-6(10)7(12)5-11/h6-7,12H,4-5,10H2,1-3H3/t6-,7+/m0/s1. The van der Waals surface area contributed by atoms with Crippen LogP contribution in [0.15, 0.2) is 0 Å². The zero-order chi connectivity index (χ0) is 10.9. The number of aliphatic hydroxyl groups is 1. The summed E-state index contributed by atoms with van der Waals surface area (Å²) in [6, 6.07) is -0.359. The Balaban J connectivity index is 2.48. The van der Waals surface area contributed by atoms with Crippen LogP contribution in [0.1, 0.15) is 20.8 Å². The minimum atomic E-state index is -0.637. The van der Waals surface area contributed by atoms with Gasteiger partial charge in [0.15, 0.2) is 0 Å². The van der Waals surface area contributed by atoms with E-state index in [0.29, 0.717) is 6.54 Å². The number of carbonyl (C=O) groups is 1. The fraction of sp³-hybridized carbons (Fsp3) is 0.889. The van der Waals surface area contributed by atoms with Gasteiger partial charge in [0.05, 0.1) is 18.7 Å². The van der Waals surface area contributed by atoms with Gasteiger partial charge in [-0.25, -0.2) is 4.79 Å². The van der Waals surface area contributed by atoms with Gasteiger partial charge >= 0.3 is 6.09 Å². The monoisotopic (exact) mass is 202 g/mol. The number of β-amino-alcohol motifs (C(OH)–C–C–N with tert-alkyl or cyclic N) is 1. The molecule has 82 valence electrons. The van der Waals surface area contributed by atoms with Crippen molar-refractivity contribution in [1.29, 1.82) is 0 Å². The smallest absolute Gasteiger partial charge is 0.410 e. The molecule has 5 heteroatoms. The predicted octanol–water partition coefficient (Wildman–Crippen LogP) is -0.0747. The predicted molar refractivity (Wildman–Crippen MR) is 51.8 cm³/mol. The van der Waals surface area contributed by atoms with Crippen molar-refractivity contribution in [3.63, 3.8) is 0 Å². The Morgan fingerprint density at radius 1 is 1.50 bits per heavy atom. The second kappa shape index (κ2) is 3.74. The Labute approximate surface area is 83.8 Å². The van der Waals surface area contributed by atoms with Crippen molar-refractivity contribution < 1.29 is 14.6 Å². The lowest BCUT2D eigenvalue weighted by Crippen LogP contribution is -2.36. The second-order valence-electron chi connectivity index (χ2n) is 4.62. The van der Waals surface area contributed by atoms with Crippen LogP contribution in [0.25, 0.3) is 0 Å². The number of nitrogens with two attached hydrogens (primary N) is 1. The van der Waals surface area contributed by atoms with E-state index in [1.54, 1.807) is 20.8 Å². The number of nitrogens with zero attached hydrogens (tertiary/aromatic N) is 1. The van der Waals surface area contributed by atoms with Crippen molar-refractivity contribution >= 4 is 6.09 Å². The molecule has 14 heavy (non-hydrogen) atoms. The Morgan fingerprint density at radius 2 is 2.07 bits per heavy atom. The highest BCUT2D eigenvalue weighted by molar-refractivity contribution is 5.68. The van der Waals surface area contributed by atoms with Gasteiger partial charge in [0.2, 0.25) is 0 Å². The van der Waals surface area contributed by atoms with Crippen molar-refractivity contribution in [2.45, 2.75) is 38.5 Å². The average Bonchev–Trinajstić information content (AvgIpc) is 2.28. The van der Waals surface area contributed by atoms with Crippen LogP contribution in [-0.2, 0) is 4.74 Å². The number of carbonyl (C=O) groups excluding carboxylic acids is 1. The topological polar surface area (TPSA) is 75.8 Å². The van der Waals surface area contributed by atoms with E-state index in [-0.39, 0.29) is 12.6 Å². The number of aliphatic hydroxyl groups excluding tert-OH is 1. The molecule has 0 aliphatic carbocycles. The van der Waals surface area contributed by atoms with Gasteiger partial charge in [-0.2, -0.15) is 0 Å². The molecule has 0 aromatic rings. The Bertz CT molecular complexity index is 215. The van der Waals surface area contributed by atoms with E-state index in [1.165, 1.54) is 4.90 Å². The quantitative estimate of drug-likeness (QED) is 0.576. The van der Waals surface area contributed by atoms with Gasteiger partial charge in [-0.05, 0) is 20.8 Å². The van der Waals surface area contributed by atoms with Crippen molar-refractivity contribution in [3.05, 3.63) is 0 Å². The molecule has 1 saturated heterocycles. The lowest BCUT2D eigenvalue weighted by molar-refractivity contribution is 0.0270. The van der Waals surface area contributed by atoms with Crippen molar-refractivity contribution in [1.82, 2.24) is 4.90 Å². The van der Waals surface area contributed by atoms with E-state index in [4.69, 9.17) is 10.5 Å². The molecule has 1 aliphatic rings. The molecular formula is C9H18N2O3. The van der Waals surface area contributed by atoms with E-state index in [1.807, 2.05) is 0 Å². The zero-order valence-electron chi connectivity index (χ0n) is 8.86. The molecule has 1 amide bonds. The van der Waals surface area contributed by atoms with Crippen LogP contribution in [0.4, 0.5) is 4.79 Å². The molecule has 1 fully saturated rings. The van der Waals surface area contributed by atoms with Crippen LogP contribution >= 0.6 is 0 Å². The van der Waals surface area contributed by atoms with Gasteiger partial charge in [-0.15, -0.1) is 0 Å². The first-order valence-electron chi connectivity index (χ1n) is 4.71. The first kappa shape index (κ1) is 11.3. The van der Waals surface area contributed by atoms with E-state index in [2.05, 4.69) is 0 Å². The molecule has 3 N–H and O–H groups in total. The number of rotatable bonds is 0. The van der Waals surface area contributed by atoms with Crippen LogP contribution in [0, 0.1) is 0 Å². The summed E-state index contributed by atoms with van der Waals surface area (Å²) in [7, 11) is 0. The summed E-state index contributed by atoms with van der Waals surface area (Å²) in [4.78, 5) is 12.9. The third-order valence-corrected chi connectivity index (χ3v) is 1.98. The Kier molecular flexibility index (Phi) is 3.01. The molecule has 0 unspecified atom stereocenters. The fourth-order valence-corrected chi connectivity index (χ4v) is 1.29. The van der Waals surface area contributed by atoms with E-state index in [9.17, 15) is 9.90 Å². The number of likely N-dealkylation sites (tertiary alicyclic amines) is 1. The van der Waals surface area contributed by atoms with E-state index in [0.717, 1.165) is 0 Å². The van der Waals surface area contributed by atoms with Crippen molar-refractivity contribution in [2.75, 3.05) is 13.1 Å². The first-order valence-corrected chi connectivity index (χ1v) is 4.71. The van der Waals surface area contributed by atoms with Gasteiger partial charge < -0.3 is 20.5 Å². The SMILES string of the molecule is CC(C)(C)OC(=O)N1C[C@@H](O)[C@@H](N)C1. The number of hydrogen-bond acceptors (Lipinski definition) is 4. The average molecular weight is 202 g/mol. The van der Waals surface area contributed by atoms with Crippen LogP contribution in [0.5, 0.6) is 0 Å². The highest BCUT2D eigenvalue weighted by Gasteiger charge is 2.33. The Morgan fingerprint density at radius 3 is 2.43 bits per heavy atom. The summed E-state index contributed by atoms with van der Waals surface area (Å²) < 4.78 is 5.14. The first-order chi connectivity index (χ1) is 6.29. The normalized spacial score (nSPS) is 27.9. The molecule has 1 heterocycles. The molecule has 2 atom stereocenters. The molecule has 0 bridgehead atoms. The maximum absolute atomic E-state index is 11.5. The van der Waals surface area contributed by atoms with E-state index < -0.39 is 17.8 Å². The minimum absolute atomic E-state index is 0.260. The highest BCUT2D eigenvalue weighted by atomic mass is 16.6. The fourth-order valence-electron chi connectivity index (χ4n) is 1.29. The maximum atomic E-state index is 11.5. The molecule has 0 aromatic heterocycles. The van der Waals surface area contributed by atoms with Crippen LogP contribution in [0.2, 0.25) is 0 Å². The van der Waals surface area contributed by atoms with Crippen molar-refractivity contribution in [2.24, 2.45) is 5.73 Å². The van der Waals surface area contributed by atoms with Gasteiger partial charge in [-0.1, -0.05) is 0 Å². The number of ether oxygens (including phenoxy) is 1. The molecule has 0 spiro atoms. The largest absolute Gasteiger partial charge is 0.444 e. The van der Waals surface area contributed by atoms with Crippen LogP contribution in [-0.4, -0.2) is 46.9 Å². The summed E-state index contributed by atoms with van der Waals surface area (Å²) in [5, 5.41) is 9.34.